The summed E-state index contributed by atoms with van der Waals surface area (Å²) in [5, 5.41) is 12.7. The van der Waals surface area contributed by atoms with Gasteiger partial charge in [0.25, 0.3) is 5.91 Å². The van der Waals surface area contributed by atoms with Gasteiger partial charge in [-0.1, -0.05) is 6.92 Å². The molecular formula is C23H27FN2O7. The second-order valence-electron chi connectivity index (χ2n) is 7.52. The molecule has 0 saturated carbocycles. The van der Waals surface area contributed by atoms with Gasteiger partial charge in [0.2, 0.25) is 0 Å². The number of carbonyl (C=O) groups excluding carboxylic acids is 2. The van der Waals surface area contributed by atoms with Gasteiger partial charge >= 0.3 is 5.97 Å². The lowest BCUT2D eigenvalue weighted by Crippen LogP contribution is -2.46. The van der Waals surface area contributed by atoms with Crippen LogP contribution in [0, 0.1) is 5.82 Å². The summed E-state index contributed by atoms with van der Waals surface area (Å²) >= 11 is 0. The van der Waals surface area contributed by atoms with E-state index in [0.29, 0.717) is 12.2 Å². The Balaban J connectivity index is 1.75. The molecule has 9 nitrogen and oxygen atoms in total. The Morgan fingerprint density at radius 2 is 2.03 bits per heavy atom. The summed E-state index contributed by atoms with van der Waals surface area (Å²) in [4.78, 5) is 29.4. The number of cyclic esters (lactones) is 1. The number of carbonyl (C=O) groups is 2. The van der Waals surface area contributed by atoms with Crippen molar-refractivity contribution >= 4 is 11.9 Å². The van der Waals surface area contributed by atoms with Gasteiger partial charge in [0, 0.05) is 25.3 Å². The molecule has 3 rings (SSSR count). The number of nitrogens with one attached hydrogen (secondary N) is 1. The number of rotatable bonds is 6. The molecule has 1 aromatic carbocycles. The van der Waals surface area contributed by atoms with Crippen LogP contribution in [0.2, 0.25) is 0 Å². The number of ether oxygens (including phenoxy) is 4. The third-order valence-electron chi connectivity index (χ3n) is 5.27. The van der Waals surface area contributed by atoms with E-state index in [9.17, 15) is 19.1 Å². The number of esters is 1. The number of amides is 1. The normalized spacial score (nSPS) is 23.5. The molecule has 1 aromatic heterocycles. The predicted octanol–water partition coefficient (Wildman–Crippen LogP) is 2.61. The fourth-order valence-corrected chi connectivity index (χ4v) is 3.50. The van der Waals surface area contributed by atoms with Crippen molar-refractivity contribution < 1.29 is 38.0 Å². The molecule has 1 aliphatic rings. The first kappa shape index (κ1) is 24.2. The highest BCUT2D eigenvalue weighted by atomic mass is 19.1. The summed E-state index contributed by atoms with van der Waals surface area (Å²) in [5.74, 6) is -1.77. The average Bonchev–Trinajstić information content (AvgIpc) is 2.85. The molecule has 1 saturated heterocycles. The van der Waals surface area contributed by atoms with E-state index in [1.54, 1.807) is 6.92 Å². The topological polar surface area (TPSA) is 116 Å². The Hall–Kier alpha value is -3.40. The number of hydrogen-bond donors (Lipinski definition) is 2. The Morgan fingerprint density at radius 3 is 2.70 bits per heavy atom. The van der Waals surface area contributed by atoms with Crippen LogP contribution in [0.5, 0.6) is 17.2 Å². The highest BCUT2D eigenvalue weighted by molar-refractivity contribution is 5.97. The molecule has 10 heteroatoms. The van der Waals surface area contributed by atoms with Gasteiger partial charge in [-0.25, -0.2) is 14.2 Å². The Kier molecular flexibility index (Phi) is 8.05. The zero-order valence-electron chi connectivity index (χ0n) is 18.6. The van der Waals surface area contributed by atoms with Crippen molar-refractivity contribution in [3.8, 4) is 17.2 Å². The van der Waals surface area contributed by atoms with Crippen LogP contribution in [-0.2, 0) is 14.3 Å². The van der Waals surface area contributed by atoms with E-state index < -0.39 is 47.8 Å². The second-order valence-corrected chi connectivity index (χ2v) is 7.52. The predicted molar refractivity (Wildman–Crippen MR) is 115 cm³/mol. The maximum atomic E-state index is 13.2. The van der Waals surface area contributed by atoms with Crippen LogP contribution < -0.4 is 14.8 Å². The van der Waals surface area contributed by atoms with Gasteiger partial charge in [-0.05, 0) is 37.6 Å². The molecule has 178 valence electrons. The van der Waals surface area contributed by atoms with Gasteiger partial charge in [0.15, 0.2) is 23.3 Å². The summed E-state index contributed by atoms with van der Waals surface area (Å²) in [6, 6.07) is 5.89. The number of aromatic hydroxyl groups is 1. The zero-order chi connectivity index (χ0) is 24.0. The number of aromatic nitrogens is 1. The van der Waals surface area contributed by atoms with E-state index in [2.05, 4.69) is 10.3 Å². The fourth-order valence-electron chi connectivity index (χ4n) is 3.50. The SMILES string of the molecule is CC[C@H]1OCC[C@H](NC(=O)c2nccc(OC)c2O)C(=O)O[C@@H](C)[C@@H]1Oc1ccc(F)cc1. The molecule has 0 unspecified atom stereocenters. The summed E-state index contributed by atoms with van der Waals surface area (Å²) in [6.07, 6.45) is 0.241. The molecule has 1 aliphatic heterocycles. The van der Waals surface area contributed by atoms with Crippen LogP contribution in [0.1, 0.15) is 37.2 Å². The summed E-state index contributed by atoms with van der Waals surface area (Å²) < 4.78 is 35.7. The number of halogens is 1. The lowest BCUT2D eigenvalue weighted by atomic mass is 10.1. The van der Waals surface area contributed by atoms with E-state index in [4.69, 9.17) is 18.9 Å². The lowest BCUT2D eigenvalue weighted by Gasteiger charge is -2.30. The molecule has 0 radical (unpaired) electrons. The minimum atomic E-state index is -1.03. The van der Waals surface area contributed by atoms with Gasteiger partial charge in [0.05, 0.1) is 13.2 Å². The molecule has 0 spiro atoms. The molecule has 0 aliphatic carbocycles. The van der Waals surface area contributed by atoms with Gasteiger partial charge < -0.3 is 29.4 Å². The second kappa shape index (κ2) is 11.0. The van der Waals surface area contributed by atoms with Crippen LogP contribution >= 0.6 is 0 Å². The molecule has 2 N–H and O–H groups in total. The van der Waals surface area contributed by atoms with Gasteiger partial charge in [-0.2, -0.15) is 0 Å². The number of hydrogen-bond acceptors (Lipinski definition) is 8. The van der Waals surface area contributed by atoms with E-state index >= 15 is 0 Å². The number of nitrogens with zero attached hydrogens (tertiary/aromatic N) is 1. The Morgan fingerprint density at radius 1 is 1.30 bits per heavy atom. The third kappa shape index (κ3) is 5.89. The summed E-state index contributed by atoms with van der Waals surface area (Å²) in [7, 11) is 1.35. The summed E-state index contributed by atoms with van der Waals surface area (Å²) in [6.45, 7) is 3.72. The standard InChI is InChI=1S/C23H27FN2O7/c1-4-17-21(33-15-7-5-14(24)6-8-15)13(2)32-23(29)16(10-12-31-17)26-22(28)19-20(27)18(30-3)9-11-25-19/h5-9,11,13,16-17,21,27H,4,10,12H2,1-3H3,(H,26,28)/t13-,16-,17+,21-/m0/s1. The third-order valence-corrected chi connectivity index (χ3v) is 5.27. The number of methoxy groups -OCH3 is 1. The molecule has 33 heavy (non-hydrogen) atoms. The van der Waals surface area contributed by atoms with Crippen molar-refractivity contribution in [3.63, 3.8) is 0 Å². The van der Waals surface area contributed by atoms with E-state index in [1.165, 1.54) is 43.6 Å². The largest absolute Gasteiger partial charge is 0.503 e. The monoisotopic (exact) mass is 462 g/mol. The van der Waals surface area contributed by atoms with Crippen LogP contribution in [0.3, 0.4) is 0 Å². The first-order valence-corrected chi connectivity index (χ1v) is 10.6. The number of pyridine rings is 1. The molecular weight excluding hydrogens is 435 g/mol. The first-order chi connectivity index (χ1) is 15.8. The van der Waals surface area contributed by atoms with Crippen LogP contribution in [-0.4, -0.2) is 60.0 Å². The zero-order valence-corrected chi connectivity index (χ0v) is 18.6. The van der Waals surface area contributed by atoms with Crippen molar-refractivity contribution in [2.75, 3.05) is 13.7 Å². The van der Waals surface area contributed by atoms with Crippen molar-refractivity contribution in [2.45, 2.75) is 51.0 Å². The van der Waals surface area contributed by atoms with Crippen LogP contribution in [0.4, 0.5) is 4.39 Å². The summed E-state index contributed by atoms with van der Waals surface area (Å²) in [5.41, 5.74) is -0.278. The Labute approximate surface area is 190 Å². The van der Waals surface area contributed by atoms with E-state index in [-0.39, 0.29) is 24.5 Å². The maximum Gasteiger partial charge on any atom is 0.329 e. The Bertz CT molecular complexity index is 970. The smallest absolute Gasteiger partial charge is 0.329 e. The quantitative estimate of drug-likeness (QED) is 0.630. The van der Waals surface area contributed by atoms with Crippen molar-refractivity contribution in [1.82, 2.24) is 10.3 Å². The molecule has 2 heterocycles. The molecule has 1 amide bonds. The first-order valence-electron chi connectivity index (χ1n) is 10.6. The van der Waals surface area contributed by atoms with Gasteiger partial charge in [-0.15, -0.1) is 0 Å². The minimum absolute atomic E-state index is 0.0794. The molecule has 0 bridgehead atoms. The average molecular weight is 462 g/mol. The van der Waals surface area contributed by atoms with Crippen molar-refractivity contribution in [1.29, 1.82) is 0 Å². The molecule has 2 aromatic rings. The van der Waals surface area contributed by atoms with E-state index in [0.717, 1.165) is 0 Å². The van der Waals surface area contributed by atoms with Crippen LogP contribution in [0.15, 0.2) is 36.5 Å². The molecule has 4 atom stereocenters. The van der Waals surface area contributed by atoms with E-state index in [1.807, 2.05) is 6.92 Å². The maximum absolute atomic E-state index is 13.2. The highest BCUT2D eigenvalue weighted by Gasteiger charge is 2.36. The minimum Gasteiger partial charge on any atom is -0.503 e. The lowest BCUT2D eigenvalue weighted by molar-refractivity contribution is -0.157. The number of benzene rings is 1. The molecule has 1 fully saturated rings. The highest BCUT2D eigenvalue weighted by Crippen LogP contribution is 2.28. The van der Waals surface area contributed by atoms with Crippen molar-refractivity contribution in [2.24, 2.45) is 0 Å². The van der Waals surface area contributed by atoms with Crippen molar-refractivity contribution in [3.05, 3.63) is 48.0 Å². The van der Waals surface area contributed by atoms with Crippen LogP contribution in [0.25, 0.3) is 0 Å². The van der Waals surface area contributed by atoms with Gasteiger partial charge in [-0.3, -0.25) is 4.79 Å². The fraction of sp³-hybridized carbons (Fsp3) is 0.435. The van der Waals surface area contributed by atoms with Gasteiger partial charge in [0.1, 0.15) is 23.7 Å².